The summed E-state index contributed by atoms with van der Waals surface area (Å²) in [4.78, 5) is 14.0. The molecular weight excluding hydrogens is 300 g/mol. The number of nitrogens with zero attached hydrogens (tertiary/aromatic N) is 1. The molecule has 4 heteroatoms. The fourth-order valence-electron chi connectivity index (χ4n) is 2.16. The largest absolute Gasteiger partial charge is 0.497 e. The summed E-state index contributed by atoms with van der Waals surface area (Å²) >= 11 is 0. The van der Waals surface area contributed by atoms with Crippen molar-refractivity contribution >= 4 is 11.6 Å². The highest BCUT2D eigenvalue weighted by Crippen LogP contribution is 2.13. The van der Waals surface area contributed by atoms with Crippen LogP contribution in [-0.2, 0) is 11.2 Å². The number of methoxy groups -OCH3 is 1. The van der Waals surface area contributed by atoms with Crippen LogP contribution in [0.3, 0.4) is 0 Å². The van der Waals surface area contributed by atoms with E-state index in [-0.39, 0.29) is 5.91 Å². The van der Waals surface area contributed by atoms with Crippen LogP contribution in [0.15, 0.2) is 48.5 Å². The first kappa shape index (κ1) is 17.4. The lowest BCUT2D eigenvalue weighted by Gasteiger charge is -2.11. The second-order valence-corrected chi connectivity index (χ2v) is 5.55. The van der Waals surface area contributed by atoms with Crippen molar-refractivity contribution < 1.29 is 9.53 Å². The molecule has 1 amide bonds. The quantitative estimate of drug-likeness (QED) is 0.860. The van der Waals surface area contributed by atoms with Gasteiger partial charge in [-0.2, -0.15) is 0 Å². The standard InChI is InChI=1S/C20H22N2O2/c1-22(2)18-11-9-16(10-12-18)7-5-13-21-20(23)15-17-6-4-8-19(14-17)24-3/h4,6,8-12,14H,13,15H2,1-3H3,(H,21,23). The number of rotatable bonds is 5. The summed E-state index contributed by atoms with van der Waals surface area (Å²) in [7, 11) is 5.61. The van der Waals surface area contributed by atoms with Gasteiger partial charge in [0.05, 0.1) is 20.1 Å². The Morgan fingerprint density at radius 3 is 2.58 bits per heavy atom. The molecule has 124 valence electrons. The Kier molecular flexibility index (Phi) is 6.27. The number of carbonyl (C=O) groups is 1. The van der Waals surface area contributed by atoms with Gasteiger partial charge in [0, 0.05) is 25.3 Å². The first-order chi connectivity index (χ1) is 11.6. The van der Waals surface area contributed by atoms with Gasteiger partial charge in [0.25, 0.3) is 0 Å². The molecule has 0 atom stereocenters. The Bertz CT molecular complexity index is 740. The SMILES string of the molecule is COc1cccc(CC(=O)NCC#Cc2ccc(N(C)C)cc2)c1. The maximum Gasteiger partial charge on any atom is 0.225 e. The molecule has 0 heterocycles. The summed E-state index contributed by atoms with van der Waals surface area (Å²) in [6.07, 6.45) is 0.316. The topological polar surface area (TPSA) is 41.6 Å². The van der Waals surface area contributed by atoms with Crippen molar-refractivity contribution in [2.24, 2.45) is 0 Å². The highest BCUT2D eigenvalue weighted by atomic mass is 16.5. The van der Waals surface area contributed by atoms with Crippen molar-refractivity contribution in [1.29, 1.82) is 0 Å². The Morgan fingerprint density at radius 2 is 1.92 bits per heavy atom. The monoisotopic (exact) mass is 322 g/mol. The van der Waals surface area contributed by atoms with Crippen molar-refractivity contribution in [3.8, 4) is 17.6 Å². The first-order valence-electron chi connectivity index (χ1n) is 7.74. The molecule has 4 nitrogen and oxygen atoms in total. The van der Waals surface area contributed by atoms with Gasteiger partial charge in [0.15, 0.2) is 0 Å². The molecule has 0 fully saturated rings. The fraction of sp³-hybridized carbons (Fsp3) is 0.250. The van der Waals surface area contributed by atoms with E-state index >= 15 is 0 Å². The first-order valence-corrected chi connectivity index (χ1v) is 7.74. The van der Waals surface area contributed by atoms with Crippen LogP contribution in [0, 0.1) is 11.8 Å². The maximum atomic E-state index is 11.9. The average Bonchev–Trinajstić information content (AvgIpc) is 2.59. The smallest absolute Gasteiger partial charge is 0.225 e. The minimum atomic E-state index is -0.0551. The van der Waals surface area contributed by atoms with Crippen LogP contribution < -0.4 is 15.0 Å². The normalized spacial score (nSPS) is 9.62. The minimum Gasteiger partial charge on any atom is -0.497 e. The van der Waals surface area contributed by atoms with E-state index in [0.29, 0.717) is 13.0 Å². The molecule has 1 N–H and O–H groups in total. The lowest BCUT2D eigenvalue weighted by Crippen LogP contribution is -2.25. The number of amides is 1. The van der Waals surface area contributed by atoms with Crippen LogP contribution in [0.1, 0.15) is 11.1 Å². The van der Waals surface area contributed by atoms with Gasteiger partial charge in [-0.1, -0.05) is 24.0 Å². The Hall–Kier alpha value is -2.93. The molecule has 0 aliphatic rings. The molecule has 0 aliphatic carbocycles. The number of anilines is 1. The van der Waals surface area contributed by atoms with Crippen LogP contribution in [0.2, 0.25) is 0 Å². The van der Waals surface area contributed by atoms with E-state index in [0.717, 1.165) is 22.6 Å². The van der Waals surface area contributed by atoms with E-state index in [1.54, 1.807) is 7.11 Å². The van der Waals surface area contributed by atoms with Gasteiger partial charge in [-0.05, 0) is 42.0 Å². The van der Waals surface area contributed by atoms with Gasteiger partial charge < -0.3 is 15.0 Å². The van der Waals surface area contributed by atoms with Crippen molar-refractivity contribution in [2.45, 2.75) is 6.42 Å². The molecular formula is C20H22N2O2. The molecule has 0 aliphatic heterocycles. The van der Waals surface area contributed by atoms with Crippen molar-refractivity contribution in [3.63, 3.8) is 0 Å². The van der Waals surface area contributed by atoms with Crippen LogP contribution in [0.4, 0.5) is 5.69 Å². The number of hydrogen-bond donors (Lipinski definition) is 1. The third kappa shape index (κ3) is 5.36. The van der Waals surface area contributed by atoms with E-state index in [9.17, 15) is 4.79 Å². The fourth-order valence-corrected chi connectivity index (χ4v) is 2.16. The van der Waals surface area contributed by atoms with Crippen LogP contribution in [0.25, 0.3) is 0 Å². The minimum absolute atomic E-state index is 0.0551. The molecule has 0 spiro atoms. The van der Waals surface area contributed by atoms with Crippen LogP contribution >= 0.6 is 0 Å². The summed E-state index contributed by atoms with van der Waals surface area (Å²) in [5.41, 5.74) is 2.98. The van der Waals surface area contributed by atoms with Gasteiger partial charge in [-0.15, -0.1) is 0 Å². The van der Waals surface area contributed by atoms with Gasteiger partial charge in [0.1, 0.15) is 5.75 Å². The van der Waals surface area contributed by atoms with E-state index in [4.69, 9.17) is 4.74 Å². The molecule has 24 heavy (non-hydrogen) atoms. The summed E-state index contributed by atoms with van der Waals surface area (Å²) in [5.74, 6) is 6.71. The number of hydrogen-bond acceptors (Lipinski definition) is 3. The predicted octanol–water partition coefficient (Wildman–Crippen LogP) is 2.47. The van der Waals surface area contributed by atoms with Crippen LogP contribution in [-0.4, -0.2) is 33.7 Å². The Morgan fingerprint density at radius 1 is 1.17 bits per heavy atom. The van der Waals surface area contributed by atoms with E-state index in [1.807, 2.05) is 67.5 Å². The maximum absolute atomic E-state index is 11.9. The average molecular weight is 322 g/mol. The predicted molar refractivity (Wildman–Crippen MR) is 97.4 cm³/mol. The van der Waals surface area contributed by atoms with E-state index in [1.165, 1.54) is 0 Å². The molecule has 2 aromatic rings. The highest BCUT2D eigenvalue weighted by molar-refractivity contribution is 5.78. The summed E-state index contributed by atoms with van der Waals surface area (Å²) in [6, 6.07) is 15.5. The third-order valence-electron chi connectivity index (χ3n) is 3.49. The number of ether oxygens (including phenoxy) is 1. The van der Waals surface area contributed by atoms with Crippen molar-refractivity contribution in [1.82, 2.24) is 5.32 Å². The molecule has 0 saturated carbocycles. The van der Waals surface area contributed by atoms with Gasteiger partial charge in [0.2, 0.25) is 5.91 Å². The molecule has 2 aromatic carbocycles. The molecule has 0 bridgehead atoms. The van der Waals surface area contributed by atoms with Gasteiger partial charge in [-0.3, -0.25) is 4.79 Å². The second kappa shape index (κ2) is 8.64. The van der Waals surface area contributed by atoms with E-state index in [2.05, 4.69) is 17.2 Å². The van der Waals surface area contributed by atoms with Crippen molar-refractivity contribution in [2.75, 3.05) is 32.6 Å². The molecule has 0 aromatic heterocycles. The van der Waals surface area contributed by atoms with Crippen molar-refractivity contribution in [3.05, 3.63) is 59.7 Å². The molecule has 0 unspecified atom stereocenters. The lowest BCUT2D eigenvalue weighted by atomic mass is 10.1. The Labute approximate surface area is 143 Å². The zero-order valence-electron chi connectivity index (χ0n) is 14.3. The summed E-state index contributed by atoms with van der Waals surface area (Å²) in [6.45, 7) is 0.332. The molecule has 0 saturated heterocycles. The van der Waals surface area contributed by atoms with Crippen LogP contribution in [0.5, 0.6) is 5.75 Å². The van der Waals surface area contributed by atoms with E-state index < -0.39 is 0 Å². The Balaban J connectivity index is 1.82. The second-order valence-electron chi connectivity index (χ2n) is 5.55. The highest BCUT2D eigenvalue weighted by Gasteiger charge is 2.03. The zero-order chi connectivity index (χ0) is 17.4. The number of carbonyl (C=O) groups excluding carboxylic acids is 1. The zero-order valence-corrected chi connectivity index (χ0v) is 14.3. The third-order valence-corrected chi connectivity index (χ3v) is 3.49. The molecule has 0 radical (unpaired) electrons. The summed E-state index contributed by atoms with van der Waals surface area (Å²) < 4.78 is 5.15. The number of nitrogens with one attached hydrogen (secondary N) is 1. The van der Waals surface area contributed by atoms with Gasteiger partial charge >= 0.3 is 0 Å². The molecule has 2 rings (SSSR count). The summed E-state index contributed by atoms with van der Waals surface area (Å²) in [5, 5.41) is 2.81. The number of benzene rings is 2. The van der Waals surface area contributed by atoms with Gasteiger partial charge in [-0.25, -0.2) is 0 Å². The lowest BCUT2D eigenvalue weighted by molar-refractivity contribution is -0.120.